The lowest BCUT2D eigenvalue weighted by molar-refractivity contribution is -0.126. The van der Waals surface area contributed by atoms with E-state index in [1.165, 1.54) is 0 Å². The van der Waals surface area contributed by atoms with Gasteiger partial charge in [0.1, 0.15) is 5.78 Å². The molecule has 1 saturated heterocycles. The molecule has 1 fully saturated rings. The zero-order valence-electron chi connectivity index (χ0n) is 10.0. The molecule has 3 heteroatoms. The Bertz CT molecular complexity index is 384. The molecule has 0 aromatic heterocycles. The second kappa shape index (κ2) is 5.82. The Hall–Kier alpha value is -1.35. The van der Waals surface area contributed by atoms with Crippen LogP contribution in [0.1, 0.15) is 24.8 Å². The molecule has 1 aromatic carbocycles. The van der Waals surface area contributed by atoms with Gasteiger partial charge in [0.15, 0.2) is 0 Å². The molecule has 17 heavy (non-hydrogen) atoms. The van der Waals surface area contributed by atoms with Gasteiger partial charge in [-0.25, -0.2) is 0 Å². The molecule has 3 nitrogen and oxygen atoms in total. The zero-order chi connectivity index (χ0) is 12.1. The molecule has 0 aliphatic carbocycles. The Labute approximate surface area is 102 Å². The smallest absolute Gasteiger partial charge is 0.138 e. The Balaban J connectivity index is 1.83. The lowest BCUT2D eigenvalue weighted by atomic mass is 9.93. The highest BCUT2D eigenvalue weighted by Crippen LogP contribution is 2.17. The summed E-state index contributed by atoms with van der Waals surface area (Å²) < 4.78 is 5.33. The van der Waals surface area contributed by atoms with E-state index in [1.54, 1.807) is 0 Å². The first-order valence-corrected chi connectivity index (χ1v) is 6.20. The van der Waals surface area contributed by atoms with Crippen LogP contribution in [0.5, 0.6) is 0 Å². The van der Waals surface area contributed by atoms with Crippen LogP contribution in [0.4, 0.5) is 5.69 Å². The van der Waals surface area contributed by atoms with Crippen LogP contribution in [-0.2, 0) is 16.0 Å². The summed E-state index contributed by atoms with van der Waals surface area (Å²) in [6.07, 6.45) is 3.36. The van der Waals surface area contributed by atoms with Crippen molar-refractivity contribution in [3.63, 3.8) is 0 Å². The van der Waals surface area contributed by atoms with Crippen LogP contribution in [0, 0.1) is 5.92 Å². The normalized spacial score (nSPS) is 20.1. The van der Waals surface area contributed by atoms with Gasteiger partial charge in [0, 0.05) is 24.6 Å². The standard InChI is InChI=1S/C14H19NO2/c15-13-5-1-3-11(9-13)6-7-14(16)12-4-2-8-17-10-12/h1,3,5,9,12H,2,4,6-8,10,15H2. The topological polar surface area (TPSA) is 52.3 Å². The van der Waals surface area contributed by atoms with Gasteiger partial charge in [-0.3, -0.25) is 4.79 Å². The number of nitrogens with two attached hydrogens (primary N) is 1. The van der Waals surface area contributed by atoms with Crippen LogP contribution in [0.2, 0.25) is 0 Å². The highest BCUT2D eigenvalue weighted by molar-refractivity contribution is 5.81. The quantitative estimate of drug-likeness (QED) is 0.811. The van der Waals surface area contributed by atoms with Crippen molar-refractivity contribution in [1.29, 1.82) is 0 Å². The molecule has 2 rings (SSSR count). The van der Waals surface area contributed by atoms with Gasteiger partial charge < -0.3 is 10.5 Å². The molecule has 0 amide bonds. The van der Waals surface area contributed by atoms with Crippen molar-refractivity contribution in [1.82, 2.24) is 0 Å². The number of ketones is 1. The average Bonchev–Trinajstić information content (AvgIpc) is 2.37. The summed E-state index contributed by atoms with van der Waals surface area (Å²) >= 11 is 0. The molecule has 0 radical (unpaired) electrons. The van der Waals surface area contributed by atoms with Gasteiger partial charge in [0.05, 0.1) is 6.61 Å². The number of hydrogen-bond donors (Lipinski definition) is 1. The van der Waals surface area contributed by atoms with E-state index in [-0.39, 0.29) is 5.92 Å². The Morgan fingerprint density at radius 3 is 3.06 bits per heavy atom. The number of ether oxygens (including phenoxy) is 1. The number of nitrogen functional groups attached to an aromatic ring is 1. The van der Waals surface area contributed by atoms with Crippen molar-refractivity contribution in [2.24, 2.45) is 5.92 Å². The monoisotopic (exact) mass is 233 g/mol. The van der Waals surface area contributed by atoms with Crippen molar-refractivity contribution < 1.29 is 9.53 Å². The molecule has 1 atom stereocenters. The fraction of sp³-hybridized carbons (Fsp3) is 0.500. The lowest BCUT2D eigenvalue weighted by Gasteiger charge is -2.20. The molecule has 1 unspecified atom stereocenters. The van der Waals surface area contributed by atoms with Gasteiger partial charge in [-0.2, -0.15) is 0 Å². The number of carbonyl (C=O) groups excluding carboxylic acids is 1. The molecule has 92 valence electrons. The lowest BCUT2D eigenvalue weighted by Crippen LogP contribution is -2.25. The van der Waals surface area contributed by atoms with Crippen molar-refractivity contribution in [3.8, 4) is 0 Å². The summed E-state index contributed by atoms with van der Waals surface area (Å²) in [6.45, 7) is 1.41. The second-order valence-corrected chi connectivity index (χ2v) is 4.63. The Kier molecular flexibility index (Phi) is 4.15. The molecule has 1 aliphatic heterocycles. The minimum Gasteiger partial charge on any atom is -0.399 e. The van der Waals surface area contributed by atoms with Gasteiger partial charge >= 0.3 is 0 Å². The number of anilines is 1. The third kappa shape index (κ3) is 3.56. The molecule has 0 bridgehead atoms. The molecule has 0 spiro atoms. The van der Waals surface area contributed by atoms with E-state index < -0.39 is 0 Å². The number of benzene rings is 1. The van der Waals surface area contributed by atoms with Crippen molar-refractivity contribution in [2.45, 2.75) is 25.7 Å². The molecule has 0 saturated carbocycles. The highest BCUT2D eigenvalue weighted by Gasteiger charge is 2.21. The third-order valence-electron chi connectivity index (χ3n) is 3.23. The summed E-state index contributed by atoms with van der Waals surface area (Å²) in [7, 11) is 0. The predicted molar refractivity (Wildman–Crippen MR) is 67.7 cm³/mol. The van der Waals surface area contributed by atoms with Crippen LogP contribution in [-0.4, -0.2) is 19.0 Å². The molecular weight excluding hydrogens is 214 g/mol. The minimum atomic E-state index is 0.116. The number of hydrogen-bond acceptors (Lipinski definition) is 3. The van der Waals surface area contributed by atoms with Gasteiger partial charge in [-0.15, -0.1) is 0 Å². The number of aryl methyl sites for hydroxylation is 1. The van der Waals surface area contributed by atoms with E-state index in [0.29, 0.717) is 18.8 Å². The summed E-state index contributed by atoms with van der Waals surface area (Å²) in [5.74, 6) is 0.442. The Morgan fingerprint density at radius 1 is 1.47 bits per heavy atom. The molecule has 2 N–H and O–H groups in total. The van der Waals surface area contributed by atoms with Gasteiger partial charge in [-0.05, 0) is 37.0 Å². The van der Waals surface area contributed by atoms with Gasteiger partial charge in [-0.1, -0.05) is 12.1 Å². The maximum absolute atomic E-state index is 11.9. The first-order chi connectivity index (χ1) is 8.25. The molecule has 1 aromatic rings. The molecular formula is C14H19NO2. The minimum absolute atomic E-state index is 0.116. The summed E-state index contributed by atoms with van der Waals surface area (Å²) in [4.78, 5) is 11.9. The number of Topliss-reactive ketones (excluding diaryl/α,β-unsaturated/α-hetero) is 1. The van der Waals surface area contributed by atoms with E-state index >= 15 is 0 Å². The van der Waals surface area contributed by atoms with E-state index in [2.05, 4.69) is 0 Å². The van der Waals surface area contributed by atoms with E-state index in [1.807, 2.05) is 24.3 Å². The van der Waals surface area contributed by atoms with Gasteiger partial charge in [0.25, 0.3) is 0 Å². The Morgan fingerprint density at radius 2 is 2.35 bits per heavy atom. The average molecular weight is 233 g/mol. The highest BCUT2D eigenvalue weighted by atomic mass is 16.5. The van der Waals surface area contributed by atoms with Crippen LogP contribution >= 0.6 is 0 Å². The van der Waals surface area contributed by atoms with Crippen LogP contribution in [0.3, 0.4) is 0 Å². The van der Waals surface area contributed by atoms with E-state index in [9.17, 15) is 4.79 Å². The van der Waals surface area contributed by atoms with Crippen molar-refractivity contribution in [2.75, 3.05) is 18.9 Å². The second-order valence-electron chi connectivity index (χ2n) is 4.63. The number of rotatable bonds is 4. The maximum Gasteiger partial charge on any atom is 0.138 e. The summed E-state index contributed by atoms with van der Waals surface area (Å²) in [5.41, 5.74) is 7.60. The van der Waals surface area contributed by atoms with Crippen LogP contribution in [0.15, 0.2) is 24.3 Å². The largest absolute Gasteiger partial charge is 0.399 e. The van der Waals surface area contributed by atoms with Crippen LogP contribution in [0.25, 0.3) is 0 Å². The summed E-state index contributed by atoms with van der Waals surface area (Å²) in [5, 5.41) is 0. The fourth-order valence-electron chi connectivity index (χ4n) is 2.21. The first-order valence-electron chi connectivity index (χ1n) is 6.20. The van der Waals surface area contributed by atoms with Crippen molar-refractivity contribution >= 4 is 11.5 Å². The van der Waals surface area contributed by atoms with Crippen LogP contribution < -0.4 is 5.73 Å². The molecule has 1 heterocycles. The fourth-order valence-corrected chi connectivity index (χ4v) is 2.21. The summed E-state index contributed by atoms with van der Waals surface area (Å²) in [6, 6.07) is 7.74. The SMILES string of the molecule is Nc1cccc(CCC(=O)C2CCCOC2)c1. The maximum atomic E-state index is 11.9. The van der Waals surface area contributed by atoms with E-state index in [0.717, 1.165) is 37.1 Å². The number of carbonyl (C=O) groups is 1. The molecule has 1 aliphatic rings. The van der Waals surface area contributed by atoms with E-state index in [4.69, 9.17) is 10.5 Å². The van der Waals surface area contributed by atoms with Gasteiger partial charge in [0.2, 0.25) is 0 Å². The predicted octanol–water partition coefficient (Wildman–Crippen LogP) is 2.20. The zero-order valence-corrected chi connectivity index (χ0v) is 10.0. The first kappa shape index (κ1) is 12.1. The third-order valence-corrected chi connectivity index (χ3v) is 3.23. The van der Waals surface area contributed by atoms with Crippen molar-refractivity contribution in [3.05, 3.63) is 29.8 Å².